The third-order valence-electron chi connectivity index (χ3n) is 7.35. The predicted octanol–water partition coefficient (Wildman–Crippen LogP) is 2.97. The van der Waals surface area contributed by atoms with E-state index in [2.05, 4.69) is 15.3 Å². The third kappa shape index (κ3) is 5.76. The quantitative estimate of drug-likeness (QED) is 0.465. The first-order chi connectivity index (χ1) is 17.8. The molecule has 4 rings (SSSR count). The molecule has 0 bridgehead atoms. The van der Waals surface area contributed by atoms with Crippen molar-refractivity contribution in [1.29, 1.82) is 0 Å². The summed E-state index contributed by atoms with van der Waals surface area (Å²) in [5.41, 5.74) is -0.477. The minimum Gasteiger partial charge on any atom is -0.394 e. The zero-order valence-electron chi connectivity index (χ0n) is 21.6. The van der Waals surface area contributed by atoms with Gasteiger partial charge in [0.15, 0.2) is 0 Å². The van der Waals surface area contributed by atoms with Crippen molar-refractivity contribution in [3.63, 3.8) is 0 Å². The van der Waals surface area contributed by atoms with E-state index >= 15 is 0 Å². The monoisotopic (exact) mass is 539 g/mol. The number of carbonyl (C=O) groups excluding carboxylic acids is 1. The van der Waals surface area contributed by atoms with Crippen LogP contribution in [0, 0.1) is 5.82 Å². The van der Waals surface area contributed by atoms with Crippen LogP contribution in [0.4, 0.5) is 23.4 Å². The minimum atomic E-state index is -4.84. The van der Waals surface area contributed by atoms with Crippen molar-refractivity contribution in [2.75, 3.05) is 44.2 Å². The average Bonchev–Trinajstić information content (AvgIpc) is 3.16. The van der Waals surface area contributed by atoms with Gasteiger partial charge in [0.2, 0.25) is 5.91 Å². The Kier molecular flexibility index (Phi) is 7.96. The number of halogens is 4. The molecule has 1 fully saturated rings. The Morgan fingerprint density at radius 3 is 2.47 bits per heavy atom. The Morgan fingerprint density at radius 2 is 1.87 bits per heavy atom. The highest BCUT2D eigenvalue weighted by atomic mass is 19.4. The lowest BCUT2D eigenvalue weighted by Gasteiger charge is -2.38. The summed E-state index contributed by atoms with van der Waals surface area (Å²) in [5.74, 6) is -1.91. The highest BCUT2D eigenvalue weighted by Crippen LogP contribution is 2.43. The Balaban J connectivity index is 1.53. The first-order valence-corrected chi connectivity index (χ1v) is 12.6. The number of aromatic nitrogens is 2. The average molecular weight is 540 g/mol. The van der Waals surface area contributed by atoms with E-state index in [4.69, 9.17) is 0 Å². The molecule has 0 unspecified atom stereocenters. The number of benzene rings is 1. The first kappa shape index (κ1) is 28.2. The summed E-state index contributed by atoms with van der Waals surface area (Å²) in [6, 6.07) is 2.56. The second-order valence-corrected chi connectivity index (χ2v) is 10.7. The van der Waals surface area contributed by atoms with Gasteiger partial charge in [0.1, 0.15) is 18.0 Å². The summed E-state index contributed by atoms with van der Waals surface area (Å²) in [6.07, 6.45) is -3.48. The maximum atomic E-state index is 14.4. The molecule has 1 aromatic carbocycles. The fourth-order valence-electron chi connectivity index (χ4n) is 5.07. The molecule has 2 heterocycles. The van der Waals surface area contributed by atoms with E-state index < -0.39 is 35.1 Å². The Morgan fingerprint density at radius 1 is 1.18 bits per heavy atom. The molecule has 0 saturated carbocycles. The summed E-state index contributed by atoms with van der Waals surface area (Å²) in [4.78, 5) is 26.0. The highest BCUT2D eigenvalue weighted by Gasteiger charge is 2.37. The fraction of sp³-hybridized carbons (Fsp3) is 0.577. The summed E-state index contributed by atoms with van der Waals surface area (Å²) >= 11 is 0. The molecule has 8 nitrogen and oxygen atoms in total. The van der Waals surface area contributed by atoms with Crippen LogP contribution in [0.5, 0.6) is 0 Å². The van der Waals surface area contributed by atoms with E-state index in [1.165, 1.54) is 6.33 Å². The van der Waals surface area contributed by atoms with Crippen LogP contribution in [0.1, 0.15) is 67.5 Å². The van der Waals surface area contributed by atoms with Gasteiger partial charge in [-0.3, -0.25) is 4.79 Å². The van der Waals surface area contributed by atoms with Crippen molar-refractivity contribution < 1.29 is 32.6 Å². The Hall–Kier alpha value is -2.83. The molecule has 38 heavy (non-hydrogen) atoms. The van der Waals surface area contributed by atoms with Gasteiger partial charge in [0.25, 0.3) is 0 Å². The number of nitrogens with one attached hydrogen (secondary N) is 1. The number of hydrogen-bond donors (Lipinski definition) is 3. The molecule has 1 amide bonds. The van der Waals surface area contributed by atoms with Crippen LogP contribution >= 0.6 is 0 Å². The maximum absolute atomic E-state index is 14.4. The lowest BCUT2D eigenvalue weighted by Crippen LogP contribution is -2.52. The van der Waals surface area contributed by atoms with Crippen LogP contribution in [0.3, 0.4) is 0 Å². The zero-order chi connectivity index (χ0) is 27.8. The number of piperazine rings is 1. The molecular formula is C26H33F4N5O3. The number of rotatable bonds is 7. The molecule has 1 aromatic heterocycles. The van der Waals surface area contributed by atoms with E-state index in [1.807, 2.05) is 11.8 Å². The smallest absolute Gasteiger partial charge is 0.394 e. The van der Waals surface area contributed by atoms with Crippen molar-refractivity contribution in [1.82, 2.24) is 20.2 Å². The number of aliphatic hydroxyl groups excluding tert-OH is 2. The predicted molar refractivity (Wildman–Crippen MR) is 132 cm³/mol. The van der Waals surface area contributed by atoms with E-state index in [1.54, 1.807) is 18.7 Å². The highest BCUT2D eigenvalue weighted by molar-refractivity contribution is 5.84. The van der Waals surface area contributed by atoms with Crippen molar-refractivity contribution >= 4 is 11.7 Å². The van der Waals surface area contributed by atoms with Crippen molar-refractivity contribution in [3.8, 4) is 0 Å². The zero-order valence-corrected chi connectivity index (χ0v) is 21.6. The van der Waals surface area contributed by atoms with Crippen LogP contribution in [-0.4, -0.2) is 75.9 Å². The lowest BCUT2D eigenvalue weighted by molar-refractivity contribution is -0.140. The van der Waals surface area contributed by atoms with Crippen molar-refractivity contribution in [2.24, 2.45) is 0 Å². The second kappa shape index (κ2) is 10.7. The largest absolute Gasteiger partial charge is 0.419 e. The van der Waals surface area contributed by atoms with E-state index in [0.717, 1.165) is 23.5 Å². The van der Waals surface area contributed by atoms with Crippen LogP contribution in [-0.2, 0) is 11.0 Å². The van der Waals surface area contributed by atoms with Crippen LogP contribution in [0.15, 0.2) is 24.5 Å². The first-order valence-electron chi connectivity index (χ1n) is 12.6. The molecule has 2 aromatic rings. The molecule has 208 valence electrons. The normalized spacial score (nSPS) is 21.0. The number of alkyl halides is 3. The maximum Gasteiger partial charge on any atom is 0.419 e. The summed E-state index contributed by atoms with van der Waals surface area (Å²) in [5, 5.41) is 23.0. The Bertz CT molecular complexity index is 1170. The number of aliphatic hydroxyl groups is 2. The molecule has 0 spiro atoms. The van der Waals surface area contributed by atoms with E-state index in [-0.39, 0.29) is 30.5 Å². The van der Waals surface area contributed by atoms with Gasteiger partial charge in [-0.05, 0) is 43.9 Å². The summed E-state index contributed by atoms with van der Waals surface area (Å²) < 4.78 is 53.7. The lowest BCUT2D eigenvalue weighted by atomic mass is 9.94. The molecule has 1 aliphatic heterocycles. The number of hydrogen-bond acceptors (Lipinski definition) is 7. The van der Waals surface area contributed by atoms with Crippen LogP contribution < -0.4 is 10.2 Å². The van der Waals surface area contributed by atoms with Gasteiger partial charge in [-0.1, -0.05) is 13.0 Å². The molecule has 3 N–H and O–H groups in total. The standard InChI is InChI=1S/C26H33F4N5O3/c1-15-10-20(37)22-21(15)23(32-14-31-22)34-6-8-35(9-7-34)24(38)17(12-33-25(2,3)13-36)16-4-5-18(19(27)11-16)26(28,29)30/h4-5,11,14-15,17,20,33,36-37H,6-10,12-13H2,1-3H3/t15-,17-,20-/m1/s1. The number of fused-ring (bicyclic) bond motifs is 1. The molecule has 3 atom stereocenters. The van der Waals surface area contributed by atoms with Crippen molar-refractivity contribution in [3.05, 3.63) is 52.7 Å². The summed E-state index contributed by atoms with van der Waals surface area (Å²) in [7, 11) is 0. The molecule has 2 aliphatic rings. The molecule has 1 saturated heterocycles. The van der Waals surface area contributed by atoms with Gasteiger partial charge in [0, 0.05) is 43.8 Å². The van der Waals surface area contributed by atoms with Gasteiger partial charge in [-0.25, -0.2) is 14.4 Å². The minimum absolute atomic E-state index is 0.00618. The summed E-state index contributed by atoms with van der Waals surface area (Å²) in [6.45, 7) is 6.81. The number of carbonyl (C=O) groups is 1. The third-order valence-corrected chi connectivity index (χ3v) is 7.35. The van der Waals surface area contributed by atoms with Gasteiger partial charge in [-0.15, -0.1) is 0 Å². The number of nitrogens with zero attached hydrogens (tertiary/aromatic N) is 4. The molecule has 12 heteroatoms. The Labute approximate surface area is 218 Å². The van der Waals surface area contributed by atoms with Gasteiger partial charge >= 0.3 is 6.18 Å². The van der Waals surface area contributed by atoms with Crippen LogP contribution in [0.25, 0.3) is 0 Å². The number of amides is 1. The van der Waals surface area contributed by atoms with Crippen molar-refractivity contribution in [2.45, 2.75) is 56.8 Å². The van der Waals surface area contributed by atoms with Gasteiger partial charge in [0.05, 0.1) is 29.9 Å². The van der Waals surface area contributed by atoms with E-state index in [0.29, 0.717) is 44.4 Å². The van der Waals surface area contributed by atoms with E-state index in [9.17, 15) is 32.6 Å². The molecule has 1 aliphatic carbocycles. The molecule has 0 radical (unpaired) electrons. The topological polar surface area (TPSA) is 102 Å². The number of anilines is 1. The van der Waals surface area contributed by atoms with Gasteiger partial charge < -0.3 is 25.3 Å². The van der Waals surface area contributed by atoms with Crippen LogP contribution in [0.2, 0.25) is 0 Å². The molecular weight excluding hydrogens is 506 g/mol. The van der Waals surface area contributed by atoms with Gasteiger partial charge in [-0.2, -0.15) is 13.2 Å². The fourth-order valence-corrected chi connectivity index (χ4v) is 5.07. The SMILES string of the molecule is C[C@@H]1C[C@@H](O)c2ncnc(N3CCN(C(=O)[C@H](CNC(C)(C)CO)c4ccc(C(F)(F)F)c(F)c4)CC3)c21. The second-order valence-electron chi connectivity index (χ2n) is 10.7.